The number of hydrogen-bond acceptors (Lipinski definition) is 5. The number of nitrogens with one attached hydrogen (secondary N) is 1. The summed E-state index contributed by atoms with van der Waals surface area (Å²) in [6.07, 6.45) is 3.66. The Kier molecular flexibility index (Phi) is 3.14. The van der Waals surface area contributed by atoms with Crippen molar-refractivity contribution in [3.05, 3.63) is 41.3 Å². The molecule has 96 valence electrons. The van der Waals surface area contributed by atoms with E-state index in [0.717, 1.165) is 4.90 Å². The standard InChI is InChI=1S/C12H8ClN3O2S/c13-7-3-6-8(16-12(18)11(6)17)4-9(7)19-10-5-14-1-2-15-10/h1-5,11,17H,(H,16,18). The van der Waals surface area contributed by atoms with Gasteiger partial charge in [0.1, 0.15) is 5.03 Å². The van der Waals surface area contributed by atoms with E-state index >= 15 is 0 Å². The number of aliphatic hydroxyl groups is 1. The number of amides is 1. The Hall–Kier alpha value is -1.63. The van der Waals surface area contributed by atoms with Crippen LogP contribution < -0.4 is 5.32 Å². The Morgan fingerprint density at radius 3 is 2.95 bits per heavy atom. The summed E-state index contributed by atoms with van der Waals surface area (Å²) in [5.74, 6) is -0.437. The van der Waals surface area contributed by atoms with Gasteiger partial charge in [0.05, 0.1) is 11.2 Å². The van der Waals surface area contributed by atoms with E-state index in [1.54, 1.807) is 30.7 Å². The maximum Gasteiger partial charge on any atom is 0.257 e. The normalized spacial score (nSPS) is 17.2. The van der Waals surface area contributed by atoms with Crippen LogP contribution in [0.2, 0.25) is 5.02 Å². The highest BCUT2D eigenvalue weighted by molar-refractivity contribution is 7.99. The Morgan fingerprint density at radius 1 is 1.37 bits per heavy atom. The molecule has 7 heteroatoms. The quantitative estimate of drug-likeness (QED) is 0.888. The van der Waals surface area contributed by atoms with Crippen LogP contribution in [0.4, 0.5) is 5.69 Å². The van der Waals surface area contributed by atoms with Crippen molar-refractivity contribution >= 4 is 35.0 Å². The molecule has 2 N–H and O–H groups in total. The Morgan fingerprint density at radius 2 is 2.21 bits per heavy atom. The number of halogens is 1. The average molecular weight is 294 g/mol. The van der Waals surface area contributed by atoms with E-state index in [-0.39, 0.29) is 0 Å². The topological polar surface area (TPSA) is 75.1 Å². The van der Waals surface area contributed by atoms with Crippen molar-refractivity contribution in [3.8, 4) is 0 Å². The molecule has 1 aliphatic rings. The highest BCUT2D eigenvalue weighted by atomic mass is 35.5. The monoisotopic (exact) mass is 293 g/mol. The average Bonchev–Trinajstić information content (AvgIpc) is 2.67. The van der Waals surface area contributed by atoms with E-state index < -0.39 is 12.0 Å². The van der Waals surface area contributed by atoms with Crippen molar-refractivity contribution in [1.29, 1.82) is 0 Å². The summed E-state index contributed by atoms with van der Waals surface area (Å²) in [4.78, 5) is 20.2. The van der Waals surface area contributed by atoms with E-state index in [9.17, 15) is 9.90 Å². The number of hydrogen-bond donors (Lipinski definition) is 2. The molecule has 0 aliphatic carbocycles. The van der Waals surface area contributed by atoms with Crippen molar-refractivity contribution in [3.63, 3.8) is 0 Å². The molecule has 1 aromatic heterocycles. The molecule has 19 heavy (non-hydrogen) atoms. The van der Waals surface area contributed by atoms with Gasteiger partial charge in [0.15, 0.2) is 6.10 Å². The second-order valence-corrected chi connectivity index (χ2v) is 5.38. The fourth-order valence-corrected chi connectivity index (χ4v) is 2.85. The zero-order valence-corrected chi connectivity index (χ0v) is 11.1. The van der Waals surface area contributed by atoms with Gasteiger partial charge in [0.25, 0.3) is 5.91 Å². The fourth-order valence-electron chi connectivity index (χ4n) is 1.77. The molecule has 0 radical (unpaired) electrons. The minimum Gasteiger partial charge on any atom is -0.378 e. The van der Waals surface area contributed by atoms with E-state index in [1.807, 2.05) is 0 Å². The number of anilines is 1. The number of aliphatic hydroxyl groups excluding tert-OH is 1. The number of aromatic nitrogens is 2. The molecule has 0 saturated carbocycles. The number of carbonyl (C=O) groups excluding carboxylic acids is 1. The third kappa shape index (κ3) is 2.30. The number of benzene rings is 1. The van der Waals surface area contributed by atoms with Crippen LogP contribution in [0.3, 0.4) is 0 Å². The van der Waals surface area contributed by atoms with Crippen molar-refractivity contribution < 1.29 is 9.90 Å². The molecule has 3 rings (SSSR count). The molecule has 0 saturated heterocycles. The third-order valence-electron chi connectivity index (χ3n) is 2.66. The maximum absolute atomic E-state index is 11.4. The molecule has 1 amide bonds. The molecule has 1 atom stereocenters. The Labute approximate surface area is 118 Å². The molecule has 1 aromatic carbocycles. The molecule has 0 fully saturated rings. The van der Waals surface area contributed by atoms with Gasteiger partial charge in [-0.05, 0) is 12.1 Å². The summed E-state index contributed by atoms with van der Waals surface area (Å²) >= 11 is 7.50. The predicted molar refractivity (Wildman–Crippen MR) is 71.2 cm³/mol. The van der Waals surface area contributed by atoms with Crippen LogP contribution in [-0.2, 0) is 4.79 Å². The fraction of sp³-hybridized carbons (Fsp3) is 0.0833. The lowest BCUT2D eigenvalue weighted by Gasteiger charge is -2.07. The predicted octanol–water partition coefficient (Wildman–Crippen LogP) is 2.27. The largest absolute Gasteiger partial charge is 0.378 e. The number of rotatable bonds is 2. The van der Waals surface area contributed by atoms with Gasteiger partial charge in [0.2, 0.25) is 0 Å². The summed E-state index contributed by atoms with van der Waals surface area (Å²) in [5.41, 5.74) is 1.08. The lowest BCUT2D eigenvalue weighted by Crippen LogP contribution is -2.10. The van der Waals surface area contributed by atoms with Crippen LogP contribution in [0.15, 0.2) is 40.6 Å². The van der Waals surface area contributed by atoms with Gasteiger partial charge in [-0.25, -0.2) is 4.98 Å². The van der Waals surface area contributed by atoms with Crippen LogP contribution in [0, 0.1) is 0 Å². The van der Waals surface area contributed by atoms with E-state index in [4.69, 9.17) is 11.6 Å². The summed E-state index contributed by atoms with van der Waals surface area (Å²) in [6.45, 7) is 0. The molecule has 0 spiro atoms. The van der Waals surface area contributed by atoms with Gasteiger partial charge < -0.3 is 10.4 Å². The zero-order chi connectivity index (χ0) is 13.4. The molecule has 0 bridgehead atoms. The van der Waals surface area contributed by atoms with E-state index in [2.05, 4.69) is 15.3 Å². The summed E-state index contributed by atoms with van der Waals surface area (Å²) in [6, 6.07) is 3.32. The molecule has 2 aromatic rings. The second kappa shape index (κ2) is 4.80. The third-order valence-corrected chi connectivity index (χ3v) is 4.06. The first-order chi connectivity index (χ1) is 9.15. The number of carbonyl (C=O) groups is 1. The molecule has 2 heterocycles. The second-order valence-electron chi connectivity index (χ2n) is 3.91. The van der Waals surface area contributed by atoms with Gasteiger partial charge in [-0.15, -0.1) is 0 Å². The first-order valence-corrected chi connectivity index (χ1v) is 6.61. The SMILES string of the molecule is O=C1Nc2cc(Sc3cnccn3)c(Cl)cc2C1O. The van der Waals surface area contributed by atoms with Gasteiger partial charge >= 0.3 is 0 Å². The molecule has 5 nitrogen and oxygen atoms in total. The summed E-state index contributed by atoms with van der Waals surface area (Å²) in [7, 11) is 0. The van der Waals surface area contributed by atoms with Crippen molar-refractivity contribution in [2.75, 3.05) is 5.32 Å². The minimum atomic E-state index is -1.15. The minimum absolute atomic E-state index is 0.437. The van der Waals surface area contributed by atoms with Crippen molar-refractivity contribution in [1.82, 2.24) is 9.97 Å². The highest BCUT2D eigenvalue weighted by Gasteiger charge is 2.29. The first kappa shape index (κ1) is 12.4. The van der Waals surface area contributed by atoms with Crippen molar-refractivity contribution in [2.24, 2.45) is 0 Å². The van der Waals surface area contributed by atoms with Gasteiger partial charge in [0, 0.05) is 28.5 Å². The van der Waals surface area contributed by atoms with Crippen LogP contribution in [-0.4, -0.2) is 21.0 Å². The molecule has 1 unspecified atom stereocenters. The maximum atomic E-state index is 11.4. The Balaban J connectivity index is 1.97. The first-order valence-electron chi connectivity index (χ1n) is 5.41. The summed E-state index contributed by atoms with van der Waals surface area (Å²) < 4.78 is 0. The summed E-state index contributed by atoms with van der Waals surface area (Å²) in [5, 5.41) is 13.4. The van der Waals surface area contributed by atoms with Crippen LogP contribution >= 0.6 is 23.4 Å². The van der Waals surface area contributed by atoms with Crippen LogP contribution in [0.25, 0.3) is 0 Å². The molecular weight excluding hydrogens is 286 g/mol. The highest BCUT2D eigenvalue weighted by Crippen LogP contribution is 2.40. The molecule has 1 aliphatic heterocycles. The van der Waals surface area contributed by atoms with Crippen molar-refractivity contribution in [2.45, 2.75) is 16.0 Å². The van der Waals surface area contributed by atoms with Crippen LogP contribution in [0.1, 0.15) is 11.7 Å². The Bertz CT molecular complexity index is 651. The lowest BCUT2D eigenvalue weighted by atomic mass is 10.1. The number of fused-ring (bicyclic) bond motifs is 1. The van der Waals surface area contributed by atoms with E-state index in [1.165, 1.54) is 11.8 Å². The van der Waals surface area contributed by atoms with Crippen LogP contribution in [0.5, 0.6) is 0 Å². The zero-order valence-electron chi connectivity index (χ0n) is 9.50. The van der Waals surface area contributed by atoms with Gasteiger partial charge in [-0.2, -0.15) is 0 Å². The molecular formula is C12H8ClN3O2S. The van der Waals surface area contributed by atoms with Gasteiger partial charge in [-0.1, -0.05) is 23.4 Å². The lowest BCUT2D eigenvalue weighted by molar-refractivity contribution is -0.123. The smallest absolute Gasteiger partial charge is 0.257 e. The van der Waals surface area contributed by atoms with E-state index in [0.29, 0.717) is 21.3 Å². The number of nitrogens with zero attached hydrogens (tertiary/aromatic N) is 2. The van der Waals surface area contributed by atoms with Gasteiger partial charge in [-0.3, -0.25) is 9.78 Å².